The van der Waals surface area contributed by atoms with Crippen LogP contribution < -0.4 is 10.6 Å². The molecule has 3 nitrogen and oxygen atoms in total. The maximum absolute atomic E-state index is 9.58. The number of piperidine rings is 1. The van der Waals surface area contributed by atoms with Gasteiger partial charge in [-0.05, 0) is 32.2 Å². The lowest BCUT2D eigenvalue weighted by Gasteiger charge is -2.24. The quantitative estimate of drug-likeness (QED) is 0.586. The Morgan fingerprint density at radius 2 is 2.23 bits per heavy atom. The predicted molar refractivity (Wildman–Crippen MR) is 52.7 cm³/mol. The molecule has 0 radical (unpaired) electrons. The summed E-state index contributed by atoms with van der Waals surface area (Å²) in [6, 6.07) is 0.635. The summed E-state index contributed by atoms with van der Waals surface area (Å²) in [5.41, 5.74) is -0.339. The maximum Gasteiger partial charge on any atom is 0.0773 e. The molecule has 1 unspecified atom stereocenters. The summed E-state index contributed by atoms with van der Waals surface area (Å²) in [5, 5.41) is 16.4. The second kappa shape index (κ2) is 3.95. The van der Waals surface area contributed by atoms with Crippen molar-refractivity contribution >= 4 is 0 Å². The van der Waals surface area contributed by atoms with Crippen molar-refractivity contribution in [2.24, 2.45) is 0 Å². The van der Waals surface area contributed by atoms with Gasteiger partial charge < -0.3 is 15.7 Å². The number of nitrogens with one attached hydrogen (secondary N) is 2. The van der Waals surface area contributed by atoms with Gasteiger partial charge in [-0.15, -0.1) is 0 Å². The largest absolute Gasteiger partial charge is 0.389 e. The zero-order valence-corrected chi connectivity index (χ0v) is 8.18. The van der Waals surface area contributed by atoms with Crippen LogP contribution in [-0.2, 0) is 0 Å². The molecule has 3 N–H and O–H groups in total. The lowest BCUT2D eigenvalue weighted by Crippen LogP contribution is -2.43. The van der Waals surface area contributed by atoms with Crippen LogP contribution in [0.3, 0.4) is 0 Å². The van der Waals surface area contributed by atoms with Gasteiger partial charge in [-0.3, -0.25) is 0 Å². The molecule has 13 heavy (non-hydrogen) atoms. The van der Waals surface area contributed by atoms with Crippen molar-refractivity contribution in [1.29, 1.82) is 0 Å². The van der Waals surface area contributed by atoms with Crippen LogP contribution in [0, 0.1) is 0 Å². The lowest BCUT2D eigenvalue weighted by atomic mass is 10.1. The summed E-state index contributed by atoms with van der Waals surface area (Å²) in [7, 11) is 0. The highest BCUT2D eigenvalue weighted by molar-refractivity contribution is 4.95. The molecule has 1 atom stereocenters. The Labute approximate surface area is 79.9 Å². The zero-order chi connectivity index (χ0) is 9.15. The molecule has 1 aliphatic carbocycles. The molecule has 0 aromatic carbocycles. The van der Waals surface area contributed by atoms with Gasteiger partial charge >= 0.3 is 0 Å². The van der Waals surface area contributed by atoms with E-state index in [0.29, 0.717) is 6.04 Å². The van der Waals surface area contributed by atoms with Crippen LogP contribution in [-0.4, -0.2) is 36.4 Å². The van der Waals surface area contributed by atoms with E-state index in [-0.39, 0.29) is 5.60 Å². The Kier molecular flexibility index (Phi) is 2.86. The third-order valence-electron chi connectivity index (χ3n) is 3.08. The van der Waals surface area contributed by atoms with E-state index in [1.165, 1.54) is 19.3 Å². The van der Waals surface area contributed by atoms with Gasteiger partial charge in [0.2, 0.25) is 0 Å². The summed E-state index contributed by atoms with van der Waals surface area (Å²) in [4.78, 5) is 0. The summed E-state index contributed by atoms with van der Waals surface area (Å²) < 4.78 is 0. The van der Waals surface area contributed by atoms with Crippen LogP contribution in [0.25, 0.3) is 0 Å². The molecule has 0 bridgehead atoms. The Balaban J connectivity index is 1.56. The molecule has 2 aliphatic rings. The molecule has 0 aromatic heterocycles. The highest BCUT2D eigenvalue weighted by atomic mass is 16.3. The average molecular weight is 184 g/mol. The average Bonchev–Trinajstić information content (AvgIpc) is 2.86. The molecule has 2 fully saturated rings. The molecule has 3 heteroatoms. The van der Waals surface area contributed by atoms with E-state index in [1.807, 2.05) is 0 Å². The normalized spacial score (nSPS) is 31.6. The molecular weight excluding hydrogens is 164 g/mol. The van der Waals surface area contributed by atoms with Gasteiger partial charge in [0.05, 0.1) is 5.60 Å². The van der Waals surface area contributed by atoms with Crippen molar-refractivity contribution in [3.8, 4) is 0 Å². The Morgan fingerprint density at radius 1 is 1.38 bits per heavy atom. The van der Waals surface area contributed by atoms with E-state index in [2.05, 4.69) is 10.6 Å². The van der Waals surface area contributed by atoms with Crippen LogP contribution in [0.4, 0.5) is 0 Å². The van der Waals surface area contributed by atoms with E-state index in [4.69, 9.17) is 0 Å². The standard InChI is InChI=1S/C10H20N2O/c13-10(4-5-10)8-11-7-9-3-1-2-6-12-9/h9,11-13H,1-8H2. The van der Waals surface area contributed by atoms with Crippen molar-refractivity contribution in [2.45, 2.75) is 43.7 Å². The van der Waals surface area contributed by atoms with Crippen LogP contribution >= 0.6 is 0 Å². The zero-order valence-electron chi connectivity index (χ0n) is 8.18. The molecule has 1 saturated heterocycles. The van der Waals surface area contributed by atoms with Crippen LogP contribution in [0.1, 0.15) is 32.1 Å². The summed E-state index contributed by atoms with van der Waals surface area (Å²) >= 11 is 0. The predicted octanol–water partition coefficient (Wildman–Crippen LogP) is 0.243. The van der Waals surface area contributed by atoms with Gasteiger partial charge in [0, 0.05) is 19.1 Å². The molecular formula is C10H20N2O. The fourth-order valence-electron chi connectivity index (χ4n) is 1.90. The highest BCUT2D eigenvalue weighted by Gasteiger charge is 2.39. The Bertz CT molecular complexity index is 162. The van der Waals surface area contributed by atoms with Gasteiger partial charge in [-0.1, -0.05) is 6.42 Å². The van der Waals surface area contributed by atoms with Gasteiger partial charge in [0.1, 0.15) is 0 Å². The third kappa shape index (κ3) is 2.93. The molecule has 76 valence electrons. The molecule has 0 aromatic rings. The van der Waals surface area contributed by atoms with Crippen molar-refractivity contribution in [3.63, 3.8) is 0 Å². The minimum Gasteiger partial charge on any atom is -0.389 e. The van der Waals surface area contributed by atoms with E-state index in [9.17, 15) is 5.11 Å². The SMILES string of the molecule is OC1(CNCC2CCCCN2)CC1. The lowest BCUT2D eigenvalue weighted by molar-refractivity contribution is 0.146. The van der Waals surface area contributed by atoms with Gasteiger partial charge in [0.15, 0.2) is 0 Å². The summed E-state index contributed by atoms with van der Waals surface area (Å²) in [6.45, 7) is 2.96. The number of hydrogen-bond donors (Lipinski definition) is 3. The molecule has 0 spiro atoms. The maximum atomic E-state index is 9.58. The van der Waals surface area contributed by atoms with Gasteiger partial charge in [-0.2, -0.15) is 0 Å². The van der Waals surface area contributed by atoms with Crippen molar-refractivity contribution in [3.05, 3.63) is 0 Å². The van der Waals surface area contributed by atoms with Crippen molar-refractivity contribution < 1.29 is 5.11 Å². The molecule has 1 heterocycles. The first-order valence-corrected chi connectivity index (χ1v) is 5.45. The van der Waals surface area contributed by atoms with Crippen LogP contribution in [0.5, 0.6) is 0 Å². The highest BCUT2D eigenvalue weighted by Crippen LogP contribution is 2.33. The first-order valence-electron chi connectivity index (χ1n) is 5.45. The number of rotatable bonds is 4. The second-order valence-corrected chi connectivity index (χ2v) is 4.50. The number of aliphatic hydroxyl groups is 1. The van der Waals surface area contributed by atoms with Gasteiger partial charge in [0.25, 0.3) is 0 Å². The van der Waals surface area contributed by atoms with Crippen LogP contribution in [0.15, 0.2) is 0 Å². The minimum atomic E-state index is -0.339. The van der Waals surface area contributed by atoms with Crippen molar-refractivity contribution in [1.82, 2.24) is 10.6 Å². The third-order valence-corrected chi connectivity index (χ3v) is 3.08. The Morgan fingerprint density at radius 3 is 2.85 bits per heavy atom. The monoisotopic (exact) mass is 184 g/mol. The van der Waals surface area contributed by atoms with E-state index < -0.39 is 0 Å². The summed E-state index contributed by atoms with van der Waals surface area (Å²) in [5.74, 6) is 0. The molecule has 1 aliphatic heterocycles. The van der Waals surface area contributed by atoms with E-state index in [0.717, 1.165) is 32.5 Å². The van der Waals surface area contributed by atoms with Crippen LogP contribution in [0.2, 0.25) is 0 Å². The molecule has 2 rings (SSSR count). The van der Waals surface area contributed by atoms with Crippen molar-refractivity contribution in [2.75, 3.05) is 19.6 Å². The van der Waals surface area contributed by atoms with Gasteiger partial charge in [-0.25, -0.2) is 0 Å². The van der Waals surface area contributed by atoms with E-state index in [1.54, 1.807) is 0 Å². The summed E-state index contributed by atoms with van der Waals surface area (Å²) in [6.07, 6.45) is 5.92. The second-order valence-electron chi connectivity index (χ2n) is 4.50. The molecule has 0 amide bonds. The van der Waals surface area contributed by atoms with E-state index >= 15 is 0 Å². The minimum absolute atomic E-state index is 0.339. The first kappa shape index (κ1) is 9.44. The fourth-order valence-corrected chi connectivity index (χ4v) is 1.90. The topological polar surface area (TPSA) is 44.3 Å². The smallest absolute Gasteiger partial charge is 0.0773 e. The first-order chi connectivity index (χ1) is 6.29. The Hall–Kier alpha value is -0.120. The fraction of sp³-hybridized carbons (Fsp3) is 1.00. The number of hydrogen-bond acceptors (Lipinski definition) is 3. The molecule has 1 saturated carbocycles.